The third-order valence-corrected chi connectivity index (χ3v) is 5.33. The van der Waals surface area contributed by atoms with E-state index in [1.54, 1.807) is 11.0 Å². The second-order valence-electron chi connectivity index (χ2n) is 7.36. The quantitative estimate of drug-likeness (QED) is 0.812. The van der Waals surface area contributed by atoms with Gasteiger partial charge in [-0.2, -0.15) is 0 Å². The highest BCUT2D eigenvalue weighted by atomic mass is 19.1. The molecule has 0 aliphatic carbocycles. The van der Waals surface area contributed by atoms with Crippen LogP contribution in [0.5, 0.6) is 11.5 Å². The average Bonchev–Trinajstić information content (AvgIpc) is 3.19. The number of hydrogen-bond acceptors (Lipinski definition) is 4. The second kappa shape index (κ2) is 8.51. The molecule has 2 aromatic rings. The zero-order valence-electron chi connectivity index (χ0n) is 16.0. The maximum Gasteiger partial charge on any atom is 0.231 e. The van der Waals surface area contributed by atoms with Crippen molar-refractivity contribution in [3.8, 4) is 11.5 Å². The fourth-order valence-corrected chi connectivity index (χ4v) is 3.69. The molecule has 2 aliphatic rings. The predicted molar refractivity (Wildman–Crippen MR) is 104 cm³/mol. The van der Waals surface area contributed by atoms with E-state index in [0.717, 1.165) is 11.1 Å². The molecule has 2 aromatic carbocycles. The summed E-state index contributed by atoms with van der Waals surface area (Å²) in [4.78, 5) is 26.6. The zero-order valence-corrected chi connectivity index (χ0v) is 16.0. The Morgan fingerprint density at radius 2 is 2.00 bits per heavy atom. The van der Waals surface area contributed by atoms with Gasteiger partial charge in [0.05, 0.1) is 5.92 Å². The van der Waals surface area contributed by atoms with E-state index in [0.29, 0.717) is 50.4 Å². The van der Waals surface area contributed by atoms with Gasteiger partial charge in [0.25, 0.3) is 0 Å². The average molecular weight is 398 g/mol. The van der Waals surface area contributed by atoms with Gasteiger partial charge < -0.3 is 19.7 Å². The number of nitrogens with zero attached hydrogens (tertiary/aromatic N) is 1. The van der Waals surface area contributed by atoms with Gasteiger partial charge in [0.1, 0.15) is 5.82 Å². The lowest BCUT2D eigenvalue weighted by Crippen LogP contribution is -2.46. The van der Waals surface area contributed by atoms with Gasteiger partial charge in [0, 0.05) is 26.1 Å². The molecule has 7 heteroatoms. The number of carbonyl (C=O) groups is 2. The molecule has 4 rings (SSSR count). The highest BCUT2D eigenvalue weighted by Crippen LogP contribution is 2.32. The van der Waals surface area contributed by atoms with Gasteiger partial charge in [-0.15, -0.1) is 0 Å². The molecule has 0 saturated carbocycles. The van der Waals surface area contributed by atoms with Gasteiger partial charge in [0.15, 0.2) is 11.5 Å². The lowest BCUT2D eigenvalue weighted by Gasteiger charge is -2.32. The van der Waals surface area contributed by atoms with Gasteiger partial charge in [-0.3, -0.25) is 9.59 Å². The van der Waals surface area contributed by atoms with Crippen molar-refractivity contribution in [1.29, 1.82) is 0 Å². The van der Waals surface area contributed by atoms with Crippen molar-refractivity contribution in [3.05, 3.63) is 59.4 Å². The molecule has 29 heavy (non-hydrogen) atoms. The number of benzene rings is 2. The molecule has 1 saturated heterocycles. The van der Waals surface area contributed by atoms with Crippen LogP contribution in [0.15, 0.2) is 42.5 Å². The monoisotopic (exact) mass is 398 g/mol. The van der Waals surface area contributed by atoms with Gasteiger partial charge in [0.2, 0.25) is 18.6 Å². The van der Waals surface area contributed by atoms with Crippen LogP contribution >= 0.6 is 0 Å². The van der Waals surface area contributed by atoms with Gasteiger partial charge in [-0.1, -0.05) is 18.2 Å². The predicted octanol–water partition coefficient (Wildman–Crippen LogP) is 2.65. The Hall–Kier alpha value is -3.09. The maximum absolute atomic E-state index is 13.3. The zero-order chi connectivity index (χ0) is 20.2. The normalized spacial score (nSPS) is 18.0. The van der Waals surface area contributed by atoms with Crippen molar-refractivity contribution in [2.75, 3.05) is 19.9 Å². The largest absolute Gasteiger partial charge is 0.454 e. The highest BCUT2D eigenvalue weighted by Gasteiger charge is 2.30. The molecule has 2 heterocycles. The molecule has 152 valence electrons. The van der Waals surface area contributed by atoms with Gasteiger partial charge >= 0.3 is 0 Å². The van der Waals surface area contributed by atoms with Crippen LogP contribution in [0.25, 0.3) is 0 Å². The van der Waals surface area contributed by atoms with E-state index >= 15 is 0 Å². The van der Waals surface area contributed by atoms with Crippen LogP contribution in [0.3, 0.4) is 0 Å². The molecule has 0 radical (unpaired) electrons. The van der Waals surface area contributed by atoms with Gasteiger partial charge in [-0.25, -0.2) is 4.39 Å². The number of rotatable bonds is 6. The number of hydrogen-bond donors (Lipinski definition) is 1. The molecule has 2 aliphatic heterocycles. The second-order valence-corrected chi connectivity index (χ2v) is 7.36. The van der Waals surface area contributed by atoms with Crippen molar-refractivity contribution >= 4 is 11.8 Å². The van der Waals surface area contributed by atoms with Gasteiger partial charge in [-0.05, 0) is 48.2 Å². The molecular formula is C22H23FN2O4. The summed E-state index contributed by atoms with van der Waals surface area (Å²) in [7, 11) is 0. The van der Waals surface area contributed by atoms with E-state index in [-0.39, 0.29) is 30.3 Å². The fraction of sp³-hybridized carbons (Fsp3) is 0.364. The molecule has 1 unspecified atom stereocenters. The number of ether oxygens (including phenoxy) is 2. The first-order valence-electron chi connectivity index (χ1n) is 9.77. The van der Waals surface area contributed by atoms with Crippen LogP contribution in [0.4, 0.5) is 4.39 Å². The Labute approximate surface area is 168 Å². The van der Waals surface area contributed by atoms with E-state index in [2.05, 4.69) is 5.32 Å². The van der Waals surface area contributed by atoms with Crippen LogP contribution in [-0.2, 0) is 22.6 Å². The molecule has 0 aromatic heterocycles. The van der Waals surface area contributed by atoms with Crippen LogP contribution in [0.1, 0.15) is 24.0 Å². The van der Waals surface area contributed by atoms with Crippen molar-refractivity contribution in [2.45, 2.75) is 25.8 Å². The van der Waals surface area contributed by atoms with Crippen LogP contribution < -0.4 is 14.8 Å². The van der Waals surface area contributed by atoms with Crippen molar-refractivity contribution in [2.24, 2.45) is 5.92 Å². The Morgan fingerprint density at radius 3 is 2.86 bits per heavy atom. The lowest BCUT2D eigenvalue weighted by molar-refractivity contribution is -0.138. The van der Waals surface area contributed by atoms with Crippen LogP contribution in [0.2, 0.25) is 0 Å². The van der Waals surface area contributed by atoms with Crippen molar-refractivity contribution in [3.63, 3.8) is 0 Å². The van der Waals surface area contributed by atoms with Crippen LogP contribution in [-0.4, -0.2) is 36.6 Å². The smallest absolute Gasteiger partial charge is 0.231 e. The third kappa shape index (κ3) is 4.67. The fourth-order valence-electron chi connectivity index (χ4n) is 3.69. The summed E-state index contributed by atoms with van der Waals surface area (Å²) in [6, 6.07) is 12.0. The minimum atomic E-state index is -0.284. The van der Waals surface area contributed by atoms with Crippen molar-refractivity contribution < 1.29 is 23.5 Å². The van der Waals surface area contributed by atoms with E-state index in [1.165, 1.54) is 12.1 Å². The molecule has 1 fully saturated rings. The minimum Gasteiger partial charge on any atom is -0.454 e. The number of nitrogens with one attached hydrogen (secondary N) is 1. The number of fused-ring (bicyclic) bond motifs is 1. The van der Waals surface area contributed by atoms with E-state index < -0.39 is 0 Å². The summed E-state index contributed by atoms with van der Waals surface area (Å²) in [5, 5.41) is 2.95. The molecular weight excluding hydrogens is 375 g/mol. The van der Waals surface area contributed by atoms with Crippen LogP contribution in [0, 0.1) is 11.7 Å². The topological polar surface area (TPSA) is 67.9 Å². The number of amides is 2. The number of halogens is 1. The molecule has 6 nitrogen and oxygen atoms in total. The standard InChI is InChI=1S/C22H23FN2O4/c23-18-3-1-2-15(10-18)8-9-25-13-17(5-7-21(25)26)22(27)24-12-16-4-6-19-20(11-16)29-14-28-19/h1-4,6,10-11,17H,5,7-9,12-14H2,(H,24,27). The SMILES string of the molecule is O=C(NCc1ccc2c(c1)OCO2)C1CCC(=O)N(CCc2cccc(F)c2)C1. The lowest BCUT2D eigenvalue weighted by atomic mass is 9.96. The molecule has 2 amide bonds. The third-order valence-electron chi connectivity index (χ3n) is 5.33. The summed E-state index contributed by atoms with van der Waals surface area (Å²) in [6.07, 6.45) is 1.46. The Kier molecular flexibility index (Phi) is 5.64. The molecule has 0 bridgehead atoms. The minimum absolute atomic E-state index is 0.0428. The molecule has 1 atom stereocenters. The number of carbonyl (C=O) groups excluding carboxylic acids is 2. The highest BCUT2D eigenvalue weighted by molar-refractivity contribution is 5.83. The van der Waals surface area contributed by atoms with E-state index in [1.807, 2.05) is 24.3 Å². The first-order chi connectivity index (χ1) is 14.1. The Bertz CT molecular complexity index is 917. The van der Waals surface area contributed by atoms with Crippen molar-refractivity contribution in [1.82, 2.24) is 10.2 Å². The summed E-state index contributed by atoms with van der Waals surface area (Å²) in [5.41, 5.74) is 1.77. The van der Waals surface area contributed by atoms with E-state index in [4.69, 9.17) is 9.47 Å². The Balaban J connectivity index is 1.30. The molecule has 1 N–H and O–H groups in total. The number of likely N-dealkylation sites (tertiary alicyclic amines) is 1. The first kappa shape index (κ1) is 19.2. The number of piperidine rings is 1. The summed E-state index contributed by atoms with van der Waals surface area (Å²) in [6.45, 7) is 1.48. The summed E-state index contributed by atoms with van der Waals surface area (Å²) in [5.74, 6) is 0.845. The maximum atomic E-state index is 13.3. The first-order valence-corrected chi connectivity index (χ1v) is 9.77. The Morgan fingerprint density at radius 1 is 1.14 bits per heavy atom. The molecule has 0 spiro atoms. The summed E-state index contributed by atoms with van der Waals surface area (Å²) < 4.78 is 24.0. The van der Waals surface area contributed by atoms with E-state index in [9.17, 15) is 14.0 Å². The summed E-state index contributed by atoms with van der Waals surface area (Å²) >= 11 is 0.